The van der Waals surface area contributed by atoms with Gasteiger partial charge in [-0.25, -0.2) is 0 Å². The van der Waals surface area contributed by atoms with Crippen molar-refractivity contribution in [1.29, 1.82) is 0 Å². The number of benzene rings is 2. The first-order valence-corrected chi connectivity index (χ1v) is 7.46. The van der Waals surface area contributed by atoms with Crippen molar-refractivity contribution in [3.05, 3.63) is 71.8 Å². The third-order valence-corrected chi connectivity index (χ3v) is 3.94. The molecule has 0 bridgehead atoms. The summed E-state index contributed by atoms with van der Waals surface area (Å²) < 4.78 is 5.53. The van der Waals surface area contributed by atoms with E-state index in [1.807, 2.05) is 12.1 Å². The molecule has 1 aliphatic rings. The highest BCUT2D eigenvalue weighted by Crippen LogP contribution is 2.33. The van der Waals surface area contributed by atoms with E-state index in [0.717, 1.165) is 18.6 Å². The lowest BCUT2D eigenvalue weighted by molar-refractivity contribution is 0.363. The van der Waals surface area contributed by atoms with E-state index in [0.29, 0.717) is 12.6 Å². The predicted molar refractivity (Wildman–Crippen MR) is 88.0 cm³/mol. The molecule has 0 aliphatic carbocycles. The number of anilines is 1. The molecule has 1 aliphatic heterocycles. The smallest absolute Gasteiger partial charge is 0.119 e. The van der Waals surface area contributed by atoms with Gasteiger partial charge in [0.1, 0.15) is 12.4 Å². The Morgan fingerprint density at radius 1 is 1.24 bits per heavy atom. The fraction of sp³-hybridized carbons (Fsp3) is 0.263. The summed E-state index contributed by atoms with van der Waals surface area (Å²) in [4.78, 5) is 0. The van der Waals surface area contributed by atoms with Crippen molar-refractivity contribution in [2.45, 2.75) is 25.8 Å². The molecule has 0 radical (unpaired) electrons. The number of hydrogen-bond donors (Lipinski definition) is 1. The maximum absolute atomic E-state index is 5.53. The van der Waals surface area contributed by atoms with Crippen LogP contribution in [0.3, 0.4) is 0 Å². The van der Waals surface area contributed by atoms with E-state index in [4.69, 9.17) is 4.74 Å². The van der Waals surface area contributed by atoms with Gasteiger partial charge in [-0.1, -0.05) is 42.5 Å². The molecule has 108 valence electrons. The second-order valence-corrected chi connectivity index (χ2v) is 5.56. The van der Waals surface area contributed by atoms with Crippen LogP contribution >= 0.6 is 0 Å². The lowest BCUT2D eigenvalue weighted by Gasteiger charge is -2.28. The second-order valence-electron chi connectivity index (χ2n) is 5.56. The van der Waals surface area contributed by atoms with Crippen molar-refractivity contribution in [2.75, 3.05) is 11.9 Å². The van der Waals surface area contributed by atoms with E-state index in [-0.39, 0.29) is 0 Å². The zero-order valence-corrected chi connectivity index (χ0v) is 12.4. The molecule has 0 unspecified atom stereocenters. The van der Waals surface area contributed by atoms with Crippen molar-refractivity contribution in [3.63, 3.8) is 0 Å². The summed E-state index contributed by atoms with van der Waals surface area (Å²) in [6.45, 7) is 6.36. The van der Waals surface area contributed by atoms with Gasteiger partial charge < -0.3 is 10.1 Å². The maximum Gasteiger partial charge on any atom is 0.119 e. The minimum absolute atomic E-state index is 0.383. The molecule has 2 aromatic carbocycles. The molecule has 2 heteroatoms. The standard InChI is InChI=1S/C19H21NO/c1-3-12-21-17-8-5-15(6-9-17)18-11-7-16-13-14(2)4-10-19(16)20-18/h3-6,8-10,13,18,20H,1,7,11-12H2,2H3/t18-/m0/s1. The van der Waals surface area contributed by atoms with Crippen LogP contribution in [0.15, 0.2) is 55.1 Å². The largest absolute Gasteiger partial charge is 0.490 e. The SMILES string of the molecule is C=CCOc1ccc([C@@H]2CCc3cc(C)ccc3N2)cc1. The molecule has 0 spiro atoms. The summed E-state index contributed by atoms with van der Waals surface area (Å²) in [7, 11) is 0. The minimum atomic E-state index is 0.383. The van der Waals surface area contributed by atoms with Crippen LogP contribution in [0, 0.1) is 6.92 Å². The number of rotatable bonds is 4. The Kier molecular flexibility index (Phi) is 3.96. The van der Waals surface area contributed by atoms with E-state index in [2.05, 4.69) is 49.2 Å². The normalized spacial score (nSPS) is 16.7. The Labute approximate surface area is 126 Å². The van der Waals surface area contributed by atoms with Gasteiger partial charge in [0.05, 0.1) is 6.04 Å². The highest BCUT2D eigenvalue weighted by molar-refractivity contribution is 5.56. The van der Waals surface area contributed by atoms with Gasteiger partial charge in [0.15, 0.2) is 0 Å². The molecule has 0 aromatic heterocycles. The topological polar surface area (TPSA) is 21.3 Å². The fourth-order valence-electron chi connectivity index (χ4n) is 2.83. The molecule has 0 amide bonds. The Bertz CT molecular complexity index is 631. The zero-order valence-electron chi connectivity index (χ0n) is 12.4. The van der Waals surface area contributed by atoms with Gasteiger partial charge in [-0.2, -0.15) is 0 Å². The van der Waals surface area contributed by atoms with Gasteiger partial charge in [0.25, 0.3) is 0 Å². The lowest BCUT2D eigenvalue weighted by Crippen LogP contribution is -2.18. The van der Waals surface area contributed by atoms with Crippen LogP contribution in [0.4, 0.5) is 5.69 Å². The second kappa shape index (κ2) is 6.04. The highest BCUT2D eigenvalue weighted by atomic mass is 16.5. The molecule has 0 saturated carbocycles. The molecular weight excluding hydrogens is 258 g/mol. The number of fused-ring (bicyclic) bond motifs is 1. The molecular formula is C19H21NO. The minimum Gasteiger partial charge on any atom is -0.490 e. The van der Waals surface area contributed by atoms with Gasteiger partial charge in [0.2, 0.25) is 0 Å². The van der Waals surface area contributed by atoms with Crippen LogP contribution in [-0.2, 0) is 6.42 Å². The van der Waals surface area contributed by atoms with Gasteiger partial charge in [-0.15, -0.1) is 0 Å². The summed E-state index contributed by atoms with van der Waals surface area (Å²) >= 11 is 0. The number of aryl methyl sites for hydroxylation is 2. The highest BCUT2D eigenvalue weighted by Gasteiger charge is 2.19. The Balaban J connectivity index is 1.73. The van der Waals surface area contributed by atoms with E-state index in [1.54, 1.807) is 6.08 Å². The van der Waals surface area contributed by atoms with Crippen molar-refractivity contribution in [2.24, 2.45) is 0 Å². The summed E-state index contributed by atoms with van der Waals surface area (Å²) in [5, 5.41) is 3.65. The molecule has 1 N–H and O–H groups in total. The van der Waals surface area contributed by atoms with Gasteiger partial charge in [0, 0.05) is 5.69 Å². The zero-order chi connectivity index (χ0) is 14.7. The summed E-state index contributed by atoms with van der Waals surface area (Å²) in [6.07, 6.45) is 4.02. The average molecular weight is 279 g/mol. The van der Waals surface area contributed by atoms with Crippen molar-refractivity contribution >= 4 is 5.69 Å². The average Bonchev–Trinajstić information content (AvgIpc) is 2.53. The third-order valence-electron chi connectivity index (χ3n) is 3.94. The van der Waals surface area contributed by atoms with Crippen LogP contribution in [0.25, 0.3) is 0 Å². The summed E-state index contributed by atoms with van der Waals surface area (Å²) in [5.41, 5.74) is 5.34. The number of ether oxygens (including phenoxy) is 1. The van der Waals surface area contributed by atoms with Crippen LogP contribution in [-0.4, -0.2) is 6.61 Å². The number of nitrogens with one attached hydrogen (secondary N) is 1. The third kappa shape index (κ3) is 3.10. The Morgan fingerprint density at radius 3 is 2.81 bits per heavy atom. The summed E-state index contributed by atoms with van der Waals surface area (Å²) in [5.74, 6) is 0.894. The quantitative estimate of drug-likeness (QED) is 0.822. The Hall–Kier alpha value is -2.22. The van der Waals surface area contributed by atoms with Crippen molar-refractivity contribution < 1.29 is 4.74 Å². The molecule has 1 heterocycles. The fourth-order valence-corrected chi connectivity index (χ4v) is 2.83. The molecule has 21 heavy (non-hydrogen) atoms. The molecule has 2 nitrogen and oxygen atoms in total. The van der Waals surface area contributed by atoms with Crippen LogP contribution in [0.2, 0.25) is 0 Å². The maximum atomic E-state index is 5.53. The van der Waals surface area contributed by atoms with E-state index < -0.39 is 0 Å². The van der Waals surface area contributed by atoms with Crippen LogP contribution < -0.4 is 10.1 Å². The van der Waals surface area contributed by atoms with Crippen LogP contribution in [0.5, 0.6) is 5.75 Å². The van der Waals surface area contributed by atoms with Crippen LogP contribution in [0.1, 0.15) is 29.2 Å². The van der Waals surface area contributed by atoms with Gasteiger partial charge >= 0.3 is 0 Å². The van der Waals surface area contributed by atoms with Crippen molar-refractivity contribution in [3.8, 4) is 5.75 Å². The van der Waals surface area contributed by atoms with E-state index in [1.165, 1.54) is 22.4 Å². The predicted octanol–water partition coefficient (Wildman–Crippen LogP) is 4.66. The first kappa shape index (κ1) is 13.7. The first-order chi connectivity index (χ1) is 10.3. The molecule has 2 aromatic rings. The molecule has 3 rings (SSSR count). The molecule has 0 saturated heterocycles. The molecule has 0 fully saturated rings. The van der Waals surface area contributed by atoms with Gasteiger partial charge in [-0.3, -0.25) is 0 Å². The lowest BCUT2D eigenvalue weighted by atomic mass is 9.92. The summed E-state index contributed by atoms with van der Waals surface area (Å²) in [6, 6.07) is 15.4. The number of hydrogen-bond acceptors (Lipinski definition) is 2. The Morgan fingerprint density at radius 2 is 2.05 bits per heavy atom. The molecule has 1 atom stereocenters. The monoisotopic (exact) mass is 279 g/mol. The van der Waals surface area contributed by atoms with Gasteiger partial charge in [-0.05, 0) is 49.1 Å². The van der Waals surface area contributed by atoms with E-state index >= 15 is 0 Å². The first-order valence-electron chi connectivity index (χ1n) is 7.46. The van der Waals surface area contributed by atoms with Crippen molar-refractivity contribution in [1.82, 2.24) is 0 Å². The van der Waals surface area contributed by atoms with E-state index in [9.17, 15) is 0 Å².